The van der Waals surface area contributed by atoms with Crippen LogP contribution in [0.5, 0.6) is 5.88 Å². The van der Waals surface area contributed by atoms with Crippen LogP contribution < -0.4 is 16.0 Å². The van der Waals surface area contributed by atoms with E-state index < -0.39 is 11.9 Å². The molecular formula is C22H19FN8O2. The van der Waals surface area contributed by atoms with Crippen LogP contribution >= 0.6 is 0 Å². The van der Waals surface area contributed by atoms with Crippen molar-refractivity contribution in [1.82, 2.24) is 29.1 Å². The summed E-state index contributed by atoms with van der Waals surface area (Å²) in [6.45, 7) is 1.73. The largest absolute Gasteiger partial charge is 0.467 e. The number of anilines is 1. The van der Waals surface area contributed by atoms with Crippen LogP contribution in [0.15, 0.2) is 35.3 Å². The monoisotopic (exact) mass is 446 g/mol. The normalized spacial score (nSPS) is 14.7. The predicted octanol–water partition coefficient (Wildman–Crippen LogP) is 2.00. The Morgan fingerprint density at radius 2 is 2.09 bits per heavy atom. The Hall–Kier alpha value is -4.46. The second-order valence-electron chi connectivity index (χ2n) is 7.80. The Labute approximate surface area is 187 Å². The lowest BCUT2D eigenvalue weighted by molar-refractivity contribution is 0.217. The molecule has 0 radical (unpaired) electrons. The summed E-state index contributed by atoms with van der Waals surface area (Å²) in [4.78, 5) is 21.4. The highest BCUT2D eigenvalue weighted by atomic mass is 19.1. The van der Waals surface area contributed by atoms with E-state index in [9.17, 15) is 14.4 Å². The molecule has 2 N–H and O–H groups in total. The first-order valence-electron chi connectivity index (χ1n) is 10.1. The van der Waals surface area contributed by atoms with Gasteiger partial charge in [0.15, 0.2) is 5.82 Å². The summed E-state index contributed by atoms with van der Waals surface area (Å²) in [5.74, 6) is -0.344. The molecule has 3 aromatic heterocycles. The SMILES string of the molecule is C[C@H]1Oc2nc(cnc2N)-c2c(nn(C)c2C#N)Cc2cc(=O)n(C)n2-c2ccc(F)cc21. The molecule has 1 aromatic carbocycles. The van der Waals surface area contributed by atoms with Crippen molar-refractivity contribution in [1.29, 1.82) is 5.26 Å². The second kappa shape index (κ2) is 7.30. The molecule has 0 spiro atoms. The number of aryl methyl sites for hydroxylation is 1. The van der Waals surface area contributed by atoms with E-state index in [-0.39, 0.29) is 29.4 Å². The fraction of sp³-hybridized carbons (Fsp3) is 0.227. The summed E-state index contributed by atoms with van der Waals surface area (Å²) in [7, 11) is 3.28. The van der Waals surface area contributed by atoms with Gasteiger partial charge in [-0.15, -0.1) is 0 Å². The number of rotatable bonds is 0. The van der Waals surface area contributed by atoms with E-state index in [2.05, 4.69) is 21.1 Å². The average Bonchev–Trinajstić information content (AvgIpc) is 3.24. The molecule has 4 heterocycles. The van der Waals surface area contributed by atoms with Crippen molar-refractivity contribution in [2.45, 2.75) is 19.4 Å². The van der Waals surface area contributed by atoms with Crippen LogP contribution in [0.4, 0.5) is 10.2 Å². The molecule has 11 heteroatoms. The topological polar surface area (TPSA) is 130 Å². The molecule has 0 fully saturated rings. The van der Waals surface area contributed by atoms with Crippen LogP contribution in [0.3, 0.4) is 0 Å². The summed E-state index contributed by atoms with van der Waals surface area (Å²) in [5.41, 5.74) is 9.08. The number of aromatic nitrogens is 6. The van der Waals surface area contributed by atoms with Crippen LogP contribution in [-0.2, 0) is 20.5 Å². The summed E-state index contributed by atoms with van der Waals surface area (Å²) in [6.07, 6.45) is 0.983. The first-order valence-corrected chi connectivity index (χ1v) is 10.1. The number of fused-ring (bicyclic) bond motifs is 7. The maximum Gasteiger partial charge on any atom is 0.266 e. The molecule has 0 saturated carbocycles. The van der Waals surface area contributed by atoms with Gasteiger partial charge < -0.3 is 10.5 Å². The molecule has 0 saturated heterocycles. The van der Waals surface area contributed by atoms with Crippen LogP contribution in [-0.4, -0.2) is 29.1 Å². The fourth-order valence-corrected chi connectivity index (χ4v) is 4.17. The minimum absolute atomic E-state index is 0.0519. The molecule has 10 nitrogen and oxygen atoms in total. The van der Waals surface area contributed by atoms with E-state index in [1.807, 2.05) is 0 Å². The number of hydrogen-bond donors (Lipinski definition) is 1. The molecule has 166 valence electrons. The van der Waals surface area contributed by atoms with Gasteiger partial charge in [0.1, 0.15) is 23.7 Å². The molecule has 2 bridgehead atoms. The van der Waals surface area contributed by atoms with E-state index in [1.54, 1.807) is 31.8 Å². The van der Waals surface area contributed by atoms with Gasteiger partial charge >= 0.3 is 0 Å². The average molecular weight is 446 g/mol. The Morgan fingerprint density at radius 3 is 2.85 bits per heavy atom. The molecule has 0 aliphatic carbocycles. The van der Waals surface area contributed by atoms with E-state index >= 15 is 0 Å². The van der Waals surface area contributed by atoms with Crippen LogP contribution in [0, 0.1) is 17.1 Å². The predicted molar refractivity (Wildman–Crippen MR) is 116 cm³/mol. The van der Waals surface area contributed by atoms with Crippen molar-refractivity contribution >= 4 is 5.82 Å². The van der Waals surface area contributed by atoms with E-state index in [0.29, 0.717) is 33.9 Å². The first-order chi connectivity index (χ1) is 15.8. The smallest absolute Gasteiger partial charge is 0.266 e. The van der Waals surface area contributed by atoms with Crippen molar-refractivity contribution in [3.8, 4) is 28.9 Å². The van der Waals surface area contributed by atoms with Crippen LogP contribution in [0.2, 0.25) is 0 Å². The van der Waals surface area contributed by atoms with Crippen molar-refractivity contribution < 1.29 is 9.13 Å². The number of nitrogen functional groups attached to an aromatic ring is 1. The number of ether oxygens (including phenoxy) is 1. The standard InChI is InChI=1S/C22H19FN8O2/c1-11-14-6-12(23)4-5-17(14)31-13(8-19(32)30(31)3)7-15-20(18(9-24)29(2)28-15)16-10-26-21(25)22(27-16)33-11/h4-6,8,10-11H,7H2,1-3H3,(H2,25,26)/t11-/m1/s1. The lowest BCUT2D eigenvalue weighted by Gasteiger charge is -2.22. The Kier molecular flexibility index (Phi) is 4.52. The van der Waals surface area contributed by atoms with Gasteiger partial charge in [0, 0.05) is 32.1 Å². The Morgan fingerprint density at radius 1 is 1.30 bits per heavy atom. The van der Waals surface area contributed by atoms with E-state index in [0.717, 1.165) is 0 Å². The number of nitrogens with two attached hydrogens (primary N) is 1. The Balaban J connectivity index is 1.88. The highest BCUT2D eigenvalue weighted by Crippen LogP contribution is 2.34. The van der Waals surface area contributed by atoms with Gasteiger partial charge in [-0.3, -0.25) is 14.2 Å². The minimum Gasteiger partial charge on any atom is -0.467 e. The van der Waals surface area contributed by atoms with Crippen LogP contribution in [0.25, 0.3) is 16.9 Å². The number of nitriles is 1. The molecule has 0 amide bonds. The minimum atomic E-state index is -0.684. The van der Waals surface area contributed by atoms with Gasteiger partial charge in [-0.25, -0.2) is 19.0 Å². The van der Waals surface area contributed by atoms with Gasteiger partial charge in [0.05, 0.1) is 34.5 Å². The molecule has 1 atom stereocenters. The maximum absolute atomic E-state index is 14.3. The summed E-state index contributed by atoms with van der Waals surface area (Å²) in [6, 6.07) is 7.91. The van der Waals surface area contributed by atoms with Gasteiger partial charge in [0.25, 0.3) is 11.4 Å². The number of hydrogen-bond acceptors (Lipinski definition) is 7. The second-order valence-corrected chi connectivity index (χ2v) is 7.80. The highest BCUT2D eigenvalue weighted by Gasteiger charge is 2.26. The van der Waals surface area contributed by atoms with Crippen molar-refractivity contribution in [3.05, 3.63) is 69.3 Å². The molecule has 33 heavy (non-hydrogen) atoms. The van der Waals surface area contributed by atoms with Gasteiger partial charge in [-0.05, 0) is 25.1 Å². The molecule has 1 aliphatic rings. The summed E-state index contributed by atoms with van der Waals surface area (Å²) in [5, 5.41) is 14.3. The van der Waals surface area contributed by atoms with Crippen molar-refractivity contribution in [2.24, 2.45) is 14.1 Å². The lowest BCUT2D eigenvalue weighted by Crippen LogP contribution is -2.21. The first kappa shape index (κ1) is 20.4. The molecular weight excluding hydrogens is 427 g/mol. The zero-order valence-corrected chi connectivity index (χ0v) is 18.1. The molecule has 0 unspecified atom stereocenters. The summed E-state index contributed by atoms with van der Waals surface area (Å²) < 4.78 is 24.9. The molecule has 1 aliphatic heterocycles. The van der Waals surface area contributed by atoms with Crippen LogP contribution in [0.1, 0.15) is 35.7 Å². The quantitative estimate of drug-likeness (QED) is 0.437. The third kappa shape index (κ3) is 3.15. The summed E-state index contributed by atoms with van der Waals surface area (Å²) >= 11 is 0. The fourth-order valence-electron chi connectivity index (χ4n) is 4.17. The maximum atomic E-state index is 14.3. The van der Waals surface area contributed by atoms with Gasteiger partial charge in [-0.2, -0.15) is 10.4 Å². The number of halogens is 1. The highest BCUT2D eigenvalue weighted by molar-refractivity contribution is 5.70. The zero-order valence-electron chi connectivity index (χ0n) is 18.1. The van der Waals surface area contributed by atoms with E-state index in [1.165, 1.54) is 33.8 Å². The van der Waals surface area contributed by atoms with Gasteiger partial charge in [0.2, 0.25) is 0 Å². The number of nitrogens with zero attached hydrogens (tertiary/aromatic N) is 7. The van der Waals surface area contributed by atoms with Crippen molar-refractivity contribution in [2.75, 3.05) is 5.73 Å². The molecule has 4 aromatic rings. The number of benzene rings is 1. The van der Waals surface area contributed by atoms with Crippen molar-refractivity contribution in [3.63, 3.8) is 0 Å². The van der Waals surface area contributed by atoms with E-state index in [4.69, 9.17) is 10.5 Å². The third-order valence-corrected chi connectivity index (χ3v) is 5.72. The Bertz CT molecular complexity index is 1520. The zero-order chi connectivity index (χ0) is 23.4. The third-order valence-electron chi connectivity index (χ3n) is 5.72. The lowest BCUT2D eigenvalue weighted by atomic mass is 10.0. The van der Waals surface area contributed by atoms with Gasteiger partial charge in [-0.1, -0.05) is 0 Å². The molecule has 5 rings (SSSR count).